The normalized spacial score (nSPS) is 24.1. The summed E-state index contributed by atoms with van der Waals surface area (Å²) in [6.45, 7) is 2.09. The van der Waals surface area contributed by atoms with Crippen molar-refractivity contribution < 1.29 is 19.0 Å². The average molecular weight is 298 g/mol. The Morgan fingerprint density at radius 2 is 1.55 bits per heavy atom. The topological polar surface area (TPSA) is 44.8 Å². The first-order valence-corrected chi connectivity index (χ1v) is 7.37. The lowest BCUT2D eigenvalue weighted by Gasteiger charge is -2.15. The highest BCUT2D eigenvalue weighted by molar-refractivity contribution is 5.76. The fourth-order valence-electron chi connectivity index (χ4n) is 2.51. The van der Waals surface area contributed by atoms with Crippen LogP contribution in [0.2, 0.25) is 0 Å². The van der Waals surface area contributed by atoms with Crippen LogP contribution in [0.4, 0.5) is 0 Å². The van der Waals surface area contributed by atoms with Gasteiger partial charge in [0, 0.05) is 5.56 Å². The summed E-state index contributed by atoms with van der Waals surface area (Å²) >= 11 is 0. The molecule has 1 aliphatic heterocycles. The lowest BCUT2D eigenvalue weighted by molar-refractivity contribution is -0.157. The maximum absolute atomic E-state index is 12.2. The summed E-state index contributed by atoms with van der Waals surface area (Å²) in [7, 11) is 0. The lowest BCUT2D eigenvalue weighted by atomic mass is 10.0. The molecule has 3 rings (SSSR count). The Balaban J connectivity index is 1.87. The Kier molecular flexibility index (Phi) is 4.51. The van der Waals surface area contributed by atoms with Crippen molar-refractivity contribution in [2.24, 2.45) is 0 Å². The number of esters is 1. The van der Waals surface area contributed by atoms with Crippen molar-refractivity contribution in [2.45, 2.75) is 25.4 Å². The first kappa shape index (κ1) is 14.8. The molecule has 2 aromatic rings. The molecule has 1 saturated heterocycles. The number of carbonyl (C=O) groups is 1. The summed E-state index contributed by atoms with van der Waals surface area (Å²) < 4.78 is 16.9. The van der Waals surface area contributed by atoms with Crippen LogP contribution in [0, 0.1) is 0 Å². The van der Waals surface area contributed by atoms with Crippen LogP contribution in [-0.4, -0.2) is 18.7 Å². The van der Waals surface area contributed by atoms with E-state index in [2.05, 4.69) is 0 Å². The Bertz CT molecular complexity index is 611. The predicted octanol–water partition coefficient (Wildman–Crippen LogP) is 3.41. The zero-order chi connectivity index (χ0) is 15.4. The molecule has 0 aliphatic carbocycles. The van der Waals surface area contributed by atoms with E-state index in [1.54, 1.807) is 6.92 Å². The van der Waals surface area contributed by atoms with Crippen molar-refractivity contribution in [1.82, 2.24) is 0 Å². The Hall–Kier alpha value is -2.17. The molecular formula is C18H18O4. The van der Waals surface area contributed by atoms with Crippen molar-refractivity contribution in [3.8, 4) is 0 Å². The van der Waals surface area contributed by atoms with Gasteiger partial charge >= 0.3 is 5.97 Å². The smallest absolute Gasteiger partial charge is 0.338 e. The van der Waals surface area contributed by atoms with Gasteiger partial charge < -0.3 is 14.2 Å². The molecule has 0 spiro atoms. The van der Waals surface area contributed by atoms with Gasteiger partial charge in [-0.25, -0.2) is 4.79 Å². The fraction of sp³-hybridized carbons (Fsp3) is 0.278. The molecule has 1 fully saturated rings. The van der Waals surface area contributed by atoms with Crippen molar-refractivity contribution in [3.05, 3.63) is 71.8 Å². The molecule has 0 radical (unpaired) electrons. The molecule has 2 aromatic carbocycles. The van der Waals surface area contributed by atoms with Crippen LogP contribution in [0.3, 0.4) is 0 Å². The van der Waals surface area contributed by atoms with Crippen LogP contribution in [0.5, 0.6) is 0 Å². The number of ether oxygens (including phenoxy) is 3. The molecule has 0 bridgehead atoms. The van der Waals surface area contributed by atoms with Crippen LogP contribution in [0.15, 0.2) is 60.7 Å². The van der Waals surface area contributed by atoms with Crippen LogP contribution in [0.25, 0.3) is 0 Å². The Morgan fingerprint density at radius 1 is 0.955 bits per heavy atom. The van der Waals surface area contributed by atoms with Crippen LogP contribution in [0.1, 0.15) is 30.4 Å². The maximum atomic E-state index is 12.2. The molecule has 1 aliphatic rings. The molecule has 3 atom stereocenters. The Labute approximate surface area is 129 Å². The molecular weight excluding hydrogens is 280 g/mol. The first-order valence-electron chi connectivity index (χ1n) is 7.37. The molecule has 1 heterocycles. The summed E-state index contributed by atoms with van der Waals surface area (Å²) in [5.74, 6) is -0.394. The van der Waals surface area contributed by atoms with E-state index < -0.39 is 24.5 Å². The van der Waals surface area contributed by atoms with E-state index in [4.69, 9.17) is 14.2 Å². The highest BCUT2D eigenvalue weighted by Gasteiger charge is 2.43. The van der Waals surface area contributed by atoms with E-state index in [1.807, 2.05) is 60.7 Å². The van der Waals surface area contributed by atoms with Gasteiger partial charge in [-0.3, -0.25) is 0 Å². The fourth-order valence-corrected chi connectivity index (χ4v) is 2.51. The molecule has 0 unspecified atom stereocenters. The quantitative estimate of drug-likeness (QED) is 0.811. The number of benzene rings is 2. The van der Waals surface area contributed by atoms with Crippen LogP contribution in [-0.2, 0) is 19.0 Å². The zero-order valence-corrected chi connectivity index (χ0v) is 12.3. The lowest BCUT2D eigenvalue weighted by Crippen LogP contribution is -2.28. The van der Waals surface area contributed by atoms with Gasteiger partial charge in [0.1, 0.15) is 6.10 Å². The van der Waals surface area contributed by atoms with Gasteiger partial charge in [0.25, 0.3) is 0 Å². The summed E-state index contributed by atoms with van der Waals surface area (Å²) in [6, 6.07) is 19.2. The van der Waals surface area contributed by atoms with E-state index >= 15 is 0 Å². The number of hydrogen-bond donors (Lipinski definition) is 0. The van der Waals surface area contributed by atoms with Crippen molar-refractivity contribution in [1.29, 1.82) is 0 Å². The predicted molar refractivity (Wildman–Crippen MR) is 81.0 cm³/mol. The summed E-state index contributed by atoms with van der Waals surface area (Å²) in [4.78, 5) is 12.2. The third kappa shape index (κ3) is 3.03. The Morgan fingerprint density at radius 3 is 2.14 bits per heavy atom. The minimum atomic E-state index is -0.757. The number of hydrogen-bond acceptors (Lipinski definition) is 4. The molecule has 4 heteroatoms. The van der Waals surface area contributed by atoms with E-state index in [1.165, 1.54) is 0 Å². The van der Waals surface area contributed by atoms with Gasteiger partial charge in [0.05, 0.1) is 6.61 Å². The first-order chi connectivity index (χ1) is 10.8. The van der Waals surface area contributed by atoms with Gasteiger partial charge in [-0.15, -0.1) is 0 Å². The molecule has 22 heavy (non-hydrogen) atoms. The zero-order valence-electron chi connectivity index (χ0n) is 12.3. The molecule has 0 aromatic heterocycles. The summed E-state index contributed by atoms with van der Waals surface area (Å²) in [5, 5.41) is 0. The van der Waals surface area contributed by atoms with Crippen LogP contribution < -0.4 is 0 Å². The monoisotopic (exact) mass is 298 g/mol. The van der Waals surface area contributed by atoms with E-state index in [-0.39, 0.29) is 0 Å². The van der Waals surface area contributed by atoms with Crippen molar-refractivity contribution in [3.63, 3.8) is 0 Å². The molecule has 4 nitrogen and oxygen atoms in total. The van der Waals surface area contributed by atoms with E-state index in [0.29, 0.717) is 6.61 Å². The minimum Gasteiger partial charge on any atom is -0.464 e. The van der Waals surface area contributed by atoms with E-state index in [9.17, 15) is 4.79 Å². The summed E-state index contributed by atoms with van der Waals surface area (Å²) in [6.07, 6.45) is -1.79. The van der Waals surface area contributed by atoms with Crippen molar-refractivity contribution in [2.75, 3.05) is 6.61 Å². The second-order valence-electron chi connectivity index (χ2n) is 5.02. The SMILES string of the molecule is CCOC(=O)[C@H]1O[C@@H](c2ccccc2)O[C@H]1c1ccccc1. The molecule has 0 saturated carbocycles. The van der Waals surface area contributed by atoms with Gasteiger partial charge in [0.15, 0.2) is 12.4 Å². The summed E-state index contributed by atoms with van der Waals surface area (Å²) in [5.41, 5.74) is 1.79. The third-order valence-electron chi connectivity index (χ3n) is 3.53. The standard InChI is InChI=1S/C18H18O4/c1-2-20-17(19)16-15(13-9-5-3-6-10-13)21-18(22-16)14-11-7-4-8-12-14/h3-12,15-16,18H,2H2,1H3/t15-,16-,18-/m0/s1. The van der Waals surface area contributed by atoms with Gasteiger partial charge in [-0.05, 0) is 12.5 Å². The van der Waals surface area contributed by atoms with Crippen LogP contribution >= 0.6 is 0 Å². The van der Waals surface area contributed by atoms with Crippen molar-refractivity contribution >= 4 is 5.97 Å². The number of carbonyl (C=O) groups excluding carboxylic acids is 1. The van der Waals surface area contributed by atoms with Gasteiger partial charge in [-0.2, -0.15) is 0 Å². The second-order valence-corrected chi connectivity index (χ2v) is 5.02. The molecule has 0 N–H and O–H groups in total. The van der Waals surface area contributed by atoms with Gasteiger partial charge in [0.2, 0.25) is 0 Å². The highest BCUT2D eigenvalue weighted by atomic mass is 16.7. The number of rotatable bonds is 4. The second kappa shape index (κ2) is 6.73. The molecule has 0 amide bonds. The average Bonchev–Trinajstić information content (AvgIpc) is 3.02. The molecule has 114 valence electrons. The largest absolute Gasteiger partial charge is 0.464 e. The van der Waals surface area contributed by atoms with Gasteiger partial charge in [-0.1, -0.05) is 60.7 Å². The minimum absolute atomic E-state index is 0.316. The maximum Gasteiger partial charge on any atom is 0.338 e. The van der Waals surface area contributed by atoms with E-state index in [0.717, 1.165) is 11.1 Å². The third-order valence-corrected chi connectivity index (χ3v) is 3.53. The highest BCUT2D eigenvalue weighted by Crippen LogP contribution is 2.40.